The molecule has 0 spiro atoms. The van der Waals surface area contributed by atoms with Gasteiger partial charge >= 0.3 is 6.18 Å². The Morgan fingerprint density at radius 2 is 1.86 bits per heavy atom. The number of nitrogens with one attached hydrogen (secondary N) is 1. The zero-order valence-electron chi connectivity index (χ0n) is 19.6. The highest BCUT2D eigenvalue weighted by molar-refractivity contribution is 6.30. The van der Waals surface area contributed by atoms with Gasteiger partial charge in [0.05, 0.1) is 5.56 Å². The number of nitrogens with zero attached hydrogens (tertiary/aromatic N) is 3. The molecule has 194 valence electrons. The lowest BCUT2D eigenvalue weighted by atomic mass is 10.2. The highest BCUT2D eigenvalue weighted by atomic mass is 35.5. The van der Waals surface area contributed by atoms with Gasteiger partial charge in [-0.2, -0.15) is 13.2 Å². The lowest BCUT2D eigenvalue weighted by molar-refractivity contribution is -0.140. The number of carbonyl (C=O) groups excluding carboxylic acids is 2. The van der Waals surface area contributed by atoms with Crippen molar-refractivity contribution in [3.8, 4) is 5.75 Å². The van der Waals surface area contributed by atoms with Crippen LogP contribution in [0.2, 0.25) is 5.02 Å². The Bertz CT molecular complexity index is 1110. The quantitative estimate of drug-likeness (QED) is 0.462. The van der Waals surface area contributed by atoms with Gasteiger partial charge in [0.15, 0.2) is 0 Å². The molecule has 36 heavy (non-hydrogen) atoms. The van der Waals surface area contributed by atoms with E-state index in [4.69, 9.17) is 21.4 Å². The average Bonchev–Trinajstić information content (AvgIpc) is 3.20. The van der Waals surface area contributed by atoms with Gasteiger partial charge in [-0.1, -0.05) is 35.9 Å². The van der Waals surface area contributed by atoms with Gasteiger partial charge in [-0.3, -0.25) is 9.59 Å². The van der Waals surface area contributed by atoms with Gasteiger partial charge in [0.1, 0.15) is 17.3 Å². The molecular formula is C24H26ClF3N4O4. The predicted octanol–water partition coefficient (Wildman–Crippen LogP) is 3.22. The van der Waals surface area contributed by atoms with Crippen molar-refractivity contribution in [2.24, 2.45) is 0 Å². The summed E-state index contributed by atoms with van der Waals surface area (Å²) in [7, 11) is 2.93. The van der Waals surface area contributed by atoms with Crippen LogP contribution in [0.3, 0.4) is 0 Å². The smallest absolute Gasteiger partial charge is 0.419 e. The van der Waals surface area contributed by atoms with Crippen LogP contribution in [0.15, 0.2) is 60.0 Å². The van der Waals surface area contributed by atoms with Crippen molar-refractivity contribution in [3.05, 3.63) is 76.2 Å². The lowest BCUT2D eigenvalue weighted by Gasteiger charge is -2.30. The van der Waals surface area contributed by atoms with Gasteiger partial charge in [-0.25, -0.2) is 0 Å². The van der Waals surface area contributed by atoms with Gasteiger partial charge in [0, 0.05) is 38.8 Å². The molecule has 0 saturated carbocycles. The van der Waals surface area contributed by atoms with E-state index in [0.29, 0.717) is 23.4 Å². The van der Waals surface area contributed by atoms with Gasteiger partial charge in [-0.05, 0) is 36.2 Å². The summed E-state index contributed by atoms with van der Waals surface area (Å²) in [6.07, 6.45) is -5.14. The number of carbonyl (C=O) groups is 2. The fraction of sp³-hybridized carbons (Fsp3) is 0.333. The Hall–Kier alpha value is -3.44. The molecule has 0 bridgehead atoms. The fourth-order valence-electron chi connectivity index (χ4n) is 3.62. The number of aliphatic hydroxyl groups is 1. The second kappa shape index (κ2) is 11.5. The van der Waals surface area contributed by atoms with Gasteiger partial charge in [-0.15, -0.1) is 0 Å². The van der Waals surface area contributed by atoms with E-state index in [9.17, 15) is 22.8 Å². The van der Waals surface area contributed by atoms with Crippen LogP contribution in [0.25, 0.3) is 0 Å². The zero-order chi connectivity index (χ0) is 26.5. The number of rotatable bonds is 10. The van der Waals surface area contributed by atoms with Crippen molar-refractivity contribution in [2.75, 3.05) is 27.2 Å². The molecule has 1 heterocycles. The molecule has 1 atom stereocenters. The highest BCUT2D eigenvalue weighted by Crippen LogP contribution is 2.37. The Balaban J connectivity index is 2.06. The van der Waals surface area contributed by atoms with Crippen LogP contribution in [0.4, 0.5) is 13.2 Å². The number of hydrogen-bond acceptors (Lipinski definition) is 6. The second-order valence-corrected chi connectivity index (χ2v) is 8.52. The SMILES string of the molecule is CN(C=O)C1=C(C(=O)N(C)CCCO)N(Cc2ccc(Cl)cc2)C(Oc2ccccc2C(F)(F)F)N1. The van der Waals surface area contributed by atoms with E-state index in [2.05, 4.69) is 5.32 Å². The maximum Gasteiger partial charge on any atom is 0.419 e. The monoisotopic (exact) mass is 526 g/mol. The zero-order valence-corrected chi connectivity index (χ0v) is 20.4. The molecule has 3 rings (SSSR count). The van der Waals surface area contributed by atoms with E-state index in [1.807, 2.05) is 0 Å². The topological polar surface area (TPSA) is 85.4 Å². The van der Waals surface area contributed by atoms with Crippen LogP contribution >= 0.6 is 11.6 Å². The molecule has 2 N–H and O–H groups in total. The van der Waals surface area contributed by atoms with E-state index >= 15 is 0 Å². The van der Waals surface area contributed by atoms with Crippen LogP contribution in [0.5, 0.6) is 5.75 Å². The summed E-state index contributed by atoms with van der Waals surface area (Å²) in [4.78, 5) is 29.0. The molecule has 8 nitrogen and oxygen atoms in total. The largest absolute Gasteiger partial charge is 0.452 e. The van der Waals surface area contributed by atoms with Crippen molar-refractivity contribution >= 4 is 23.9 Å². The molecule has 2 aromatic carbocycles. The standard InChI is InChI=1S/C24H26ClF3N4O4/c1-30(12-5-13-33)22(35)20-21(31(2)15-34)29-23(32(20)14-16-8-10-17(25)11-9-16)36-19-7-4-3-6-18(19)24(26,27)28/h3-4,6-11,15,23,29,33H,5,12-14H2,1-2H3. The summed E-state index contributed by atoms with van der Waals surface area (Å²) in [5.41, 5.74) is -0.268. The van der Waals surface area contributed by atoms with Crippen molar-refractivity contribution in [3.63, 3.8) is 0 Å². The number of halogens is 4. The minimum absolute atomic E-state index is 0.0227. The van der Waals surface area contributed by atoms with E-state index in [0.717, 1.165) is 11.0 Å². The van der Waals surface area contributed by atoms with Crippen molar-refractivity contribution in [1.29, 1.82) is 0 Å². The summed E-state index contributed by atoms with van der Waals surface area (Å²) < 4.78 is 46.6. The fourth-order valence-corrected chi connectivity index (χ4v) is 3.74. The summed E-state index contributed by atoms with van der Waals surface area (Å²) in [6.45, 7) is 0.132. The van der Waals surface area contributed by atoms with Crippen LogP contribution < -0.4 is 10.1 Å². The molecule has 0 fully saturated rings. The van der Waals surface area contributed by atoms with Gasteiger partial charge in [0.2, 0.25) is 6.41 Å². The summed E-state index contributed by atoms with van der Waals surface area (Å²) >= 11 is 5.98. The molecule has 1 unspecified atom stereocenters. The molecule has 0 radical (unpaired) electrons. The van der Waals surface area contributed by atoms with Crippen molar-refractivity contribution < 1.29 is 32.6 Å². The molecule has 0 aromatic heterocycles. The maximum absolute atomic E-state index is 13.6. The number of para-hydroxylation sites is 1. The first-order valence-corrected chi connectivity index (χ1v) is 11.3. The number of ether oxygens (including phenoxy) is 1. The molecule has 2 amide bonds. The van der Waals surface area contributed by atoms with E-state index in [1.54, 1.807) is 24.3 Å². The molecule has 0 aliphatic carbocycles. The molecule has 12 heteroatoms. The third-order valence-corrected chi connectivity index (χ3v) is 5.72. The third kappa shape index (κ3) is 6.21. The number of aliphatic hydroxyl groups excluding tert-OH is 1. The molecule has 1 aliphatic heterocycles. The molecule has 2 aromatic rings. The normalized spacial score (nSPS) is 15.5. The summed E-state index contributed by atoms with van der Waals surface area (Å²) in [5, 5.41) is 12.5. The Morgan fingerprint density at radius 1 is 1.19 bits per heavy atom. The Labute approximate surface area is 211 Å². The van der Waals surface area contributed by atoms with E-state index in [1.165, 1.54) is 42.1 Å². The van der Waals surface area contributed by atoms with E-state index < -0.39 is 29.7 Å². The van der Waals surface area contributed by atoms with Gasteiger partial charge in [0.25, 0.3) is 12.3 Å². The minimum atomic E-state index is -4.67. The molecular weight excluding hydrogens is 501 g/mol. The van der Waals surface area contributed by atoms with Crippen LogP contribution in [-0.4, -0.2) is 65.7 Å². The molecule has 1 aliphatic rings. The lowest BCUT2D eigenvalue weighted by Crippen LogP contribution is -2.45. The number of likely N-dealkylation sites (N-methyl/N-ethyl adjacent to an activating group) is 1. The minimum Gasteiger partial charge on any atom is -0.452 e. The highest BCUT2D eigenvalue weighted by Gasteiger charge is 2.41. The second-order valence-electron chi connectivity index (χ2n) is 8.08. The maximum atomic E-state index is 13.6. The average molecular weight is 527 g/mol. The van der Waals surface area contributed by atoms with Gasteiger partial charge < -0.3 is 29.9 Å². The van der Waals surface area contributed by atoms with Crippen molar-refractivity contribution in [1.82, 2.24) is 20.0 Å². The Kier molecular flexibility index (Phi) is 8.70. The first-order valence-electron chi connectivity index (χ1n) is 11.0. The number of alkyl halides is 3. The summed E-state index contributed by atoms with van der Waals surface area (Å²) in [5.74, 6) is -0.892. The number of amides is 2. The van der Waals surface area contributed by atoms with Crippen LogP contribution in [0.1, 0.15) is 17.5 Å². The predicted molar refractivity (Wildman–Crippen MR) is 126 cm³/mol. The first kappa shape index (κ1) is 27.2. The van der Waals surface area contributed by atoms with E-state index in [-0.39, 0.29) is 31.2 Å². The first-order chi connectivity index (χ1) is 17.1. The van der Waals surface area contributed by atoms with Crippen molar-refractivity contribution in [2.45, 2.75) is 25.5 Å². The summed E-state index contributed by atoms with van der Waals surface area (Å²) in [6, 6.07) is 11.4. The third-order valence-electron chi connectivity index (χ3n) is 5.46. The number of hydrogen-bond donors (Lipinski definition) is 2. The Morgan fingerprint density at radius 3 is 2.47 bits per heavy atom. The number of benzene rings is 2. The van der Waals surface area contributed by atoms with Crippen LogP contribution in [0, 0.1) is 0 Å². The van der Waals surface area contributed by atoms with Crippen LogP contribution in [-0.2, 0) is 22.3 Å². The molecule has 0 saturated heterocycles.